The van der Waals surface area contributed by atoms with E-state index in [0.29, 0.717) is 6.29 Å². The molecule has 5 atom stereocenters. The van der Waals surface area contributed by atoms with Crippen molar-refractivity contribution in [1.82, 2.24) is 5.32 Å². The smallest absolute Gasteiger partial charge is 0.217 e. The molecule has 8 heteroatoms. The number of aliphatic hydroxyl groups excluding tert-OH is 3. The second-order valence-electron chi connectivity index (χ2n) is 4.46. The van der Waals surface area contributed by atoms with Crippen molar-refractivity contribution in [3.05, 3.63) is 0 Å². The molecule has 0 aromatic carbocycles. The molecule has 0 radical (unpaired) electrons. The number of hydrogen-bond acceptors (Lipinski definition) is 7. The average Bonchev–Trinajstić information content (AvgIpc) is 2.39. The maximum Gasteiger partial charge on any atom is 0.217 e. The van der Waals surface area contributed by atoms with Crippen molar-refractivity contribution in [1.29, 1.82) is 0 Å². The van der Waals surface area contributed by atoms with Gasteiger partial charge in [0.2, 0.25) is 5.91 Å². The highest BCUT2D eigenvalue weighted by Crippen LogP contribution is 2.12. The van der Waals surface area contributed by atoms with Crippen molar-refractivity contribution < 1.29 is 34.4 Å². The summed E-state index contributed by atoms with van der Waals surface area (Å²) in [5, 5.41) is 30.4. The molecule has 0 aromatic rings. The van der Waals surface area contributed by atoms with Crippen molar-refractivity contribution in [2.45, 2.75) is 51.2 Å². The molecule has 0 spiro atoms. The van der Waals surface area contributed by atoms with E-state index in [0.717, 1.165) is 6.92 Å². The number of ketones is 1. The van der Waals surface area contributed by atoms with Gasteiger partial charge in [0.05, 0.1) is 6.61 Å². The van der Waals surface area contributed by atoms with Crippen LogP contribution in [0.1, 0.15) is 20.8 Å². The van der Waals surface area contributed by atoms with Crippen molar-refractivity contribution in [2.75, 3.05) is 6.61 Å². The molecule has 116 valence electrons. The number of aliphatic hydroxyl groups is 3. The zero-order chi connectivity index (χ0) is 15.9. The summed E-state index contributed by atoms with van der Waals surface area (Å²) in [6, 6.07) is -1.26. The molecule has 0 aliphatic heterocycles. The van der Waals surface area contributed by atoms with Crippen LogP contribution < -0.4 is 5.32 Å². The Morgan fingerprint density at radius 3 is 2.20 bits per heavy atom. The van der Waals surface area contributed by atoms with E-state index in [4.69, 9.17) is 9.84 Å². The van der Waals surface area contributed by atoms with Crippen molar-refractivity contribution >= 4 is 18.0 Å². The van der Waals surface area contributed by atoms with Crippen LogP contribution in [0.4, 0.5) is 0 Å². The summed E-state index contributed by atoms with van der Waals surface area (Å²) in [4.78, 5) is 33.2. The minimum absolute atomic E-state index is 0.326. The van der Waals surface area contributed by atoms with Gasteiger partial charge in [-0.1, -0.05) is 0 Å². The fraction of sp³-hybridized carbons (Fsp3) is 0.750. The Kier molecular flexibility index (Phi) is 8.16. The topological polar surface area (TPSA) is 133 Å². The third-order valence-corrected chi connectivity index (χ3v) is 2.72. The first-order valence-corrected chi connectivity index (χ1v) is 6.09. The van der Waals surface area contributed by atoms with Gasteiger partial charge in [0.25, 0.3) is 0 Å². The van der Waals surface area contributed by atoms with E-state index >= 15 is 0 Å². The fourth-order valence-electron chi connectivity index (χ4n) is 1.46. The van der Waals surface area contributed by atoms with Gasteiger partial charge in [-0.05, 0) is 13.8 Å². The first-order valence-electron chi connectivity index (χ1n) is 6.09. The molecule has 20 heavy (non-hydrogen) atoms. The summed E-state index contributed by atoms with van der Waals surface area (Å²) in [7, 11) is 0. The van der Waals surface area contributed by atoms with Gasteiger partial charge < -0.3 is 30.2 Å². The van der Waals surface area contributed by atoms with Gasteiger partial charge in [-0.2, -0.15) is 0 Å². The van der Waals surface area contributed by atoms with Gasteiger partial charge in [0.15, 0.2) is 5.78 Å². The lowest BCUT2D eigenvalue weighted by Crippen LogP contribution is -2.55. The zero-order valence-electron chi connectivity index (χ0n) is 11.6. The Morgan fingerprint density at radius 2 is 1.85 bits per heavy atom. The van der Waals surface area contributed by atoms with E-state index in [1.165, 1.54) is 13.8 Å². The number of carbonyl (C=O) groups is 3. The van der Waals surface area contributed by atoms with Crippen LogP contribution in [0.25, 0.3) is 0 Å². The predicted molar refractivity (Wildman–Crippen MR) is 67.8 cm³/mol. The van der Waals surface area contributed by atoms with E-state index < -0.39 is 43.0 Å². The largest absolute Gasteiger partial charge is 0.394 e. The van der Waals surface area contributed by atoms with Crippen LogP contribution in [0.2, 0.25) is 0 Å². The van der Waals surface area contributed by atoms with Crippen LogP contribution in [0.3, 0.4) is 0 Å². The number of nitrogens with one attached hydrogen (secondary N) is 1. The second kappa shape index (κ2) is 8.75. The van der Waals surface area contributed by atoms with Gasteiger partial charge in [-0.3, -0.25) is 9.59 Å². The molecule has 0 heterocycles. The fourth-order valence-corrected chi connectivity index (χ4v) is 1.46. The van der Waals surface area contributed by atoms with Crippen LogP contribution in [0.5, 0.6) is 0 Å². The summed E-state index contributed by atoms with van der Waals surface area (Å²) in [5.74, 6) is -0.898. The second-order valence-corrected chi connectivity index (χ2v) is 4.46. The number of carbonyl (C=O) groups excluding carboxylic acids is 3. The quantitative estimate of drug-likeness (QED) is 0.353. The normalized spacial score (nSPS) is 18.5. The van der Waals surface area contributed by atoms with Crippen LogP contribution in [-0.2, 0) is 19.1 Å². The standard InChI is InChI=1S/C12H21NO7/c1-6(16)7(2)20-12(11(19)10(18)5-15)9(4-14)13-8(3)17/h4,7,9-12,15,18-19H,5H2,1-3H3,(H,13,17)/t7-,9+,10-,11-,12-/m1/s1. The number of Topliss-reactive ketones (excluding diaryl/α,β-unsaturated/α-hetero) is 1. The molecular weight excluding hydrogens is 270 g/mol. The van der Waals surface area contributed by atoms with Crippen LogP contribution in [0, 0.1) is 0 Å². The molecule has 0 unspecified atom stereocenters. The first kappa shape index (κ1) is 18.7. The predicted octanol–water partition coefficient (Wildman–Crippen LogP) is -2.23. The molecule has 0 rings (SSSR count). The first-order chi connectivity index (χ1) is 9.24. The Labute approximate surface area is 116 Å². The third-order valence-electron chi connectivity index (χ3n) is 2.72. The number of ether oxygens (including phenoxy) is 1. The van der Waals surface area contributed by atoms with E-state index in [9.17, 15) is 24.6 Å². The molecule has 0 bridgehead atoms. The van der Waals surface area contributed by atoms with Crippen LogP contribution >= 0.6 is 0 Å². The monoisotopic (exact) mass is 291 g/mol. The summed E-state index contributed by atoms with van der Waals surface area (Å²) >= 11 is 0. The van der Waals surface area contributed by atoms with Crippen LogP contribution in [0.15, 0.2) is 0 Å². The SMILES string of the molecule is CC(=O)N[C@@H](C=O)[C@@H](O[C@H](C)C(C)=O)[C@H](O)[C@H](O)CO. The van der Waals surface area contributed by atoms with Crippen molar-refractivity contribution in [2.24, 2.45) is 0 Å². The summed E-state index contributed by atoms with van der Waals surface area (Å²) < 4.78 is 5.23. The van der Waals surface area contributed by atoms with Gasteiger partial charge in [0, 0.05) is 6.92 Å². The number of amides is 1. The zero-order valence-corrected chi connectivity index (χ0v) is 11.6. The maximum atomic E-state index is 11.2. The van der Waals surface area contributed by atoms with Gasteiger partial charge in [-0.25, -0.2) is 0 Å². The lowest BCUT2D eigenvalue weighted by atomic mass is 10.0. The molecule has 0 aliphatic rings. The summed E-state index contributed by atoms with van der Waals surface area (Å²) in [5.41, 5.74) is 0. The highest BCUT2D eigenvalue weighted by atomic mass is 16.5. The molecule has 0 fully saturated rings. The number of hydrogen-bond donors (Lipinski definition) is 4. The Bertz CT molecular complexity index is 347. The lowest BCUT2D eigenvalue weighted by molar-refractivity contribution is -0.154. The van der Waals surface area contributed by atoms with E-state index in [1.807, 2.05) is 0 Å². The van der Waals surface area contributed by atoms with E-state index in [2.05, 4.69) is 5.32 Å². The number of rotatable bonds is 9. The van der Waals surface area contributed by atoms with Crippen molar-refractivity contribution in [3.8, 4) is 0 Å². The summed E-state index contributed by atoms with van der Waals surface area (Å²) in [6.07, 6.45) is -5.21. The maximum absolute atomic E-state index is 11.2. The summed E-state index contributed by atoms with van der Waals surface area (Å²) in [6.45, 7) is 3.06. The molecular formula is C12H21NO7. The van der Waals surface area contributed by atoms with Gasteiger partial charge >= 0.3 is 0 Å². The molecule has 0 saturated carbocycles. The lowest BCUT2D eigenvalue weighted by Gasteiger charge is -2.31. The minimum Gasteiger partial charge on any atom is -0.394 e. The molecule has 0 aromatic heterocycles. The Hall–Kier alpha value is -1.35. The third kappa shape index (κ3) is 5.74. The molecule has 0 saturated heterocycles. The number of aldehydes is 1. The highest BCUT2D eigenvalue weighted by Gasteiger charge is 2.35. The van der Waals surface area contributed by atoms with Crippen LogP contribution in [-0.4, -0.2) is 70.4 Å². The van der Waals surface area contributed by atoms with Crippen molar-refractivity contribution in [3.63, 3.8) is 0 Å². The van der Waals surface area contributed by atoms with E-state index in [-0.39, 0.29) is 5.78 Å². The van der Waals surface area contributed by atoms with E-state index in [1.54, 1.807) is 0 Å². The van der Waals surface area contributed by atoms with Gasteiger partial charge in [-0.15, -0.1) is 0 Å². The minimum atomic E-state index is -1.65. The Morgan fingerprint density at radius 1 is 1.30 bits per heavy atom. The molecule has 8 nitrogen and oxygen atoms in total. The highest BCUT2D eigenvalue weighted by molar-refractivity contribution is 5.80. The van der Waals surface area contributed by atoms with Gasteiger partial charge in [0.1, 0.15) is 36.7 Å². The Balaban J connectivity index is 5.15. The average molecular weight is 291 g/mol. The molecule has 4 N–H and O–H groups in total. The molecule has 1 amide bonds. The molecule has 0 aliphatic carbocycles.